The molecule has 1 saturated heterocycles. The van der Waals surface area contributed by atoms with Gasteiger partial charge >= 0.3 is 5.97 Å². The molecule has 0 spiro atoms. The molecule has 1 aliphatic rings. The average molecular weight is 232 g/mol. The molecule has 0 aliphatic carbocycles. The molecule has 0 radical (unpaired) electrons. The number of carboxylic acids is 1. The maximum Gasteiger partial charge on any atom is 0.337 e. The summed E-state index contributed by atoms with van der Waals surface area (Å²) in [6.45, 7) is 3.48. The van der Waals surface area contributed by atoms with E-state index in [1.807, 2.05) is 4.68 Å². The fraction of sp³-hybridized carbons (Fsp3) is 0.364. The minimum absolute atomic E-state index is 0.240. The van der Waals surface area contributed by atoms with Crippen molar-refractivity contribution in [2.45, 2.75) is 13.0 Å². The van der Waals surface area contributed by atoms with Crippen molar-refractivity contribution >= 4 is 17.0 Å². The number of carboxylic acid groups (broad SMARTS) is 1. The van der Waals surface area contributed by atoms with Gasteiger partial charge in [-0.25, -0.2) is 14.5 Å². The van der Waals surface area contributed by atoms with Crippen LogP contribution in [0.1, 0.15) is 22.1 Å². The molecule has 2 aromatic heterocycles. The third-order valence-corrected chi connectivity index (χ3v) is 3.10. The minimum atomic E-state index is -0.949. The zero-order valence-electron chi connectivity index (χ0n) is 9.34. The topological polar surface area (TPSA) is 80.0 Å². The summed E-state index contributed by atoms with van der Waals surface area (Å²) >= 11 is 0. The lowest BCUT2D eigenvalue weighted by molar-refractivity contribution is 0.0696. The number of nitrogens with zero attached hydrogens (tertiary/aromatic N) is 3. The van der Waals surface area contributed by atoms with Gasteiger partial charge in [0.25, 0.3) is 0 Å². The Hall–Kier alpha value is -1.95. The first-order chi connectivity index (χ1) is 8.16. The van der Waals surface area contributed by atoms with Gasteiger partial charge in [-0.05, 0) is 13.0 Å². The summed E-state index contributed by atoms with van der Waals surface area (Å²) in [5.74, 6) is -0.949. The molecule has 88 valence electrons. The third-order valence-electron chi connectivity index (χ3n) is 3.10. The number of carbonyl (C=O) groups is 1. The zero-order chi connectivity index (χ0) is 12.0. The van der Waals surface area contributed by atoms with E-state index in [1.165, 1.54) is 0 Å². The Kier molecular flexibility index (Phi) is 2.12. The molecule has 1 fully saturated rings. The molecule has 17 heavy (non-hydrogen) atoms. The van der Waals surface area contributed by atoms with Crippen LogP contribution in [0.25, 0.3) is 11.0 Å². The Bertz CT molecular complexity index is 601. The van der Waals surface area contributed by atoms with Gasteiger partial charge in [-0.3, -0.25) is 0 Å². The van der Waals surface area contributed by atoms with E-state index in [0.717, 1.165) is 24.1 Å². The van der Waals surface area contributed by atoms with Crippen LogP contribution in [-0.2, 0) is 0 Å². The second-order valence-corrected chi connectivity index (χ2v) is 4.24. The molecule has 0 saturated carbocycles. The van der Waals surface area contributed by atoms with Crippen molar-refractivity contribution in [1.29, 1.82) is 0 Å². The van der Waals surface area contributed by atoms with Gasteiger partial charge in [-0.2, -0.15) is 5.10 Å². The summed E-state index contributed by atoms with van der Waals surface area (Å²) < 4.78 is 1.87. The molecule has 6 heteroatoms. The fourth-order valence-electron chi connectivity index (χ4n) is 2.00. The van der Waals surface area contributed by atoms with Gasteiger partial charge in [0.05, 0.1) is 23.5 Å². The number of hydrogen-bond donors (Lipinski definition) is 2. The molecule has 0 amide bonds. The van der Waals surface area contributed by atoms with E-state index in [-0.39, 0.29) is 5.56 Å². The minimum Gasteiger partial charge on any atom is -0.478 e. The van der Waals surface area contributed by atoms with Gasteiger partial charge in [0.2, 0.25) is 0 Å². The van der Waals surface area contributed by atoms with E-state index in [2.05, 4.69) is 15.4 Å². The number of aryl methyl sites for hydroxylation is 1. The molecule has 2 N–H and O–H groups in total. The molecule has 0 bridgehead atoms. The Morgan fingerprint density at radius 3 is 2.94 bits per heavy atom. The van der Waals surface area contributed by atoms with E-state index in [4.69, 9.17) is 5.11 Å². The number of aromatic nitrogens is 3. The van der Waals surface area contributed by atoms with E-state index in [0.29, 0.717) is 11.7 Å². The molecular formula is C11H12N4O2. The SMILES string of the molecule is Cc1nc2c(cnn2C2CNC2)cc1C(=O)O. The largest absolute Gasteiger partial charge is 0.478 e. The van der Waals surface area contributed by atoms with Crippen LogP contribution >= 0.6 is 0 Å². The van der Waals surface area contributed by atoms with Gasteiger partial charge in [0.15, 0.2) is 5.65 Å². The summed E-state index contributed by atoms with van der Waals surface area (Å²) in [5.41, 5.74) is 1.53. The highest BCUT2D eigenvalue weighted by atomic mass is 16.4. The highest BCUT2D eigenvalue weighted by Crippen LogP contribution is 2.21. The zero-order valence-corrected chi connectivity index (χ0v) is 9.34. The molecule has 6 nitrogen and oxygen atoms in total. The van der Waals surface area contributed by atoms with Gasteiger partial charge in [-0.15, -0.1) is 0 Å². The van der Waals surface area contributed by atoms with Gasteiger partial charge < -0.3 is 10.4 Å². The van der Waals surface area contributed by atoms with Crippen molar-refractivity contribution in [3.63, 3.8) is 0 Å². The second-order valence-electron chi connectivity index (χ2n) is 4.24. The maximum atomic E-state index is 11.0. The molecule has 0 atom stereocenters. The van der Waals surface area contributed by atoms with Gasteiger partial charge in [0.1, 0.15) is 0 Å². The summed E-state index contributed by atoms with van der Waals surface area (Å²) in [5, 5.41) is 17.3. The van der Waals surface area contributed by atoms with Crippen molar-refractivity contribution in [2.75, 3.05) is 13.1 Å². The maximum absolute atomic E-state index is 11.0. The average Bonchev–Trinajstić information content (AvgIpc) is 2.58. The van der Waals surface area contributed by atoms with Crippen molar-refractivity contribution in [3.8, 4) is 0 Å². The number of hydrogen-bond acceptors (Lipinski definition) is 4. The highest BCUT2D eigenvalue weighted by Gasteiger charge is 2.22. The number of pyridine rings is 1. The van der Waals surface area contributed by atoms with Crippen LogP contribution in [0.15, 0.2) is 12.3 Å². The molecule has 1 aliphatic heterocycles. The molecule has 3 rings (SSSR count). The number of aromatic carboxylic acids is 1. The van der Waals surface area contributed by atoms with Crippen LogP contribution in [0.3, 0.4) is 0 Å². The molecule has 0 unspecified atom stereocenters. The van der Waals surface area contributed by atoms with Crippen molar-refractivity contribution in [2.24, 2.45) is 0 Å². The van der Waals surface area contributed by atoms with Gasteiger partial charge in [0, 0.05) is 18.5 Å². The fourth-order valence-corrected chi connectivity index (χ4v) is 2.00. The smallest absolute Gasteiger partial charge is 0.337 e. The molecule has 3 heterocycles. The summed E-state index contributed by atoms with van der Waals surface area (Å²) in [4.78, 5) is 15.3. The predicted molar refractivity (Wildman–Crippen MR) is 61.1 cm³/mol. The van der Waals surface area contributed by atoms with Crippen LogP contribution in [-0.4, -0.2) is 38.9 Å². The van der Waals surface area contributed by atoms with Gasteiger partial charge in [-0.1, -0.05) is 0 Å². The Balaban J connectivity index is 2.17. The standard InChI is InChI=1S/C11H12N4O2/c1-6-9(11(16)17)2-7-3-13-15(10(7)14-6)8-4-12-5-8/h2-3,8,12H,4-5H2,1H3,(H,16,17). The first kappa shape index (κ1) is 10.2. The first-order valence-corrected chi connectivity index (χ1v) is 5.45. The highest BCUT2D eigenvalue weighted by molar-refractivity contribution is 5.93. The quantitative estimate of drug-likeness (QED) is 0.791. The summed E-state index contributed by atoms with van der Waals surface area (Å²) in [6, 6.07) is 1.96. The van der Waals surface area contributed by atoms with E-state index in [1.54, 1.807) is 19.2 Å². The van der Waals surface area contributed by atoms with Crippen LogP contribution in [0.5, 0.6) is 0 Å². The Morgan fingerprint density at radius 2 is 2.35 bits per heavy atom. The molecule has 0 aromatic carbocycles. The second kappa shape index (κ2) is 3.53. The third kappa shape index (κ3) is 1.49. The summed E-state index contributed by atoms with van der Waals surface area (Å²) in [7, 11) is 0. The van der Waals surface area contributed by atoms with Crippen molar-refractivity contribution < 1.29 is 9.90 Å². The lowest BCUT2D eigenvalue weighted by atomic mass is 10.1. The Morgan fingerprint density at radius 1 is 1.59 bits per heavy atom. The van der Waals surface area contributed by atoms with E-state index < -0.39 is 5.97 Å². The number of rotatable bonds is 2. The van der Waals surface area contributed by atoms with E-state index in [9.17, 15) is 4.79 Å². The van der Waals surface area contributed by atoms with Crippen LogP contribution in [0.2, 0.25) is 0 Å². The Labute approximate surface area is 97.3 Å². The number of nitrogens with one attached hydrogen (secondary N) is 1. The first-order valence-electron chi connectivity index (χ1n) is 5.45. The van der Waals surface area contributed by atoms with Crippen LogP contribution in [0.4, 0.5) is 0 Å². The normalized spacial score (nSPS) is 16.1. The predicted octanol–water partition coefficient (Wildman–Crippen LogP) is 0.582. The number of fused-ring (bicyclic) bond motifs is 1. The van der Waals surface area contributed by atoms with Crippen LogP contribution < -0.4 is 5.32 Å². The monoisotopic (exact) mass is 232 g/mol. The molecular weight excluding hydrogens is 220 g/mol. The van der Waals surface area contributed by atoms with Crippen molar-refractivity contribution in [3.05, 3.63) is 23.5 Å². The van der Waals surface area contributed by atoms with E-state index >= 15 is 0 Å². The molecule has 2 aromatic rings. The van der Waals surface area contributed by atoms with Crippen molar-refractivity contribution in [1.82, 2.24) is 20.1 Å². The lowest BCUT2D eigenvalue weighted by Gasteiger charge is -2.27. The van der Waals surface area contributed by atoms with Crippen LogP contribution in [0, 0.1) is 6.92 Å². The summed E-state index contributed by atoms with van der Waals surface area (Å²) in [6.07, 6.45) is 1.67. The lowest BCUT2D eigenvalue weighted by Crippen LogP contribution is -2.43.